The fourth-order valence-corrected chi connectivity index (χ4v) is 8.42. The van der Waals surface area contributed by atoms with Crippen molar-refractivity contribution in [2.24, 2.45) is 34.5 Å². The predicted molar refractivity (Wildman–Crippen MR) is 108 cm³/mol. The normalized spacial score (nSPS) is 54.9. The van der Waals surface area contributed by atoms with Gasteiger partial charge in [-0.3, -0.25) is 0 Å². The van der Waals surface area contributed by atoms with Crippen LogP contribution >= 0.6 is 0 Å². The molecular formula is C24H42O3. The maximum atomic E-state index is 12.1. The molecule has 9 atom stereocenters. The summed E-state index contributed by atoms with van der Waals surface area (Å²) < 4.78 is 0. The summed E-state index contributed by atoms with van der Waals surface area (Å²) in [6, 6.07) is 0. The molecule has 156 valence electrons. The van der Waals surface area contributed by atoms with Gasteiger partial charge < -0.3 is 15.3 Å². The third-order valence-electron chi connectivity index (χ3n) is 10.1. The zero-order valence-electron chi connectivity index (χ0n) is 17.8. The average molecular weight is 379 g/mol. The molecule has 3 N–H and O–H groups in total. The zero-order chi connectivity index (χ0) is 19.4. The van der Waals surface area contributed by atoms with Crippen LogP contribution in [0.1, 0.15) is 97.8 Å². The van der Waals surface area contributed by atoms with E-state index in [1.807, 2.05) is 0 Å². The molecule has 0 aromatic heterocycles. The summed E-state index contributed by atoms with van der Waals surface area (Å²) in [7, 11) is 0. The van der Waals surface area contributed by atoms with E-state index < -0.39 is 5.60 Å². The van der Waals surface area contributed by atoms with Crippen molar-refractivity contribution >= 4 is 0 Å². The molecule has 0 bridgehead atoms. The molecule has 4 saturated carbocycles. The summed E-state index contributed by atoms with van der Waals surface area (Å²) in [4.78, 5) is 0. The molecule has 0 amide bonds. The first kappa shape index (κ1) is 20.2. The Balaban J connectivity index is 1.67. The second-order valence-corrected chi connectivity index (χ2v) is 11.2. The standard InChI is InChI=1S/C24H42O3/c1-4-5-6-7-16-14-18-19-8-9-21(26)22(19,2)12-11-20(18)23(3)13-10-17(25)15-24(16,23)27/h16-21,25-27H,4-15H2,1-3H3/t16-,17+,18+,19+,20+,21+,22+,23-,24+/m1/s1. The highest BCUT2D eigenvalue weighted by Gasteiger charge is 2.66. The zero-order valence-corrected chi connectivity index (χ0v) is 17.8. The van der Waals surface area contributed by atoms with E-state index in [1.54, 1.807) is 0 Å². The molecule has 3 heteroatoms. The summed E-state index contributed by atoms with van der Waals surface area (Å²) in [5.74, 6) is 2.13. The van der Waals surface area contributed by atoms with E-state index in [0.717, 1.165) is 51.4 Å². The lowest BCUT2D eigenvalue weighted by Gasteiger charge is -2.66. The van der Waals surface area contributed by atoms with Crippen LogP contribution in [-0.2, 0) is 0 Å². The van der Waals surface area contributed by atoms with Gasteiger partial charge >= 0.3 is 0 Å². The molecule has 3 nitrogen and oxygen atoms in total. The molecular weight excluding hydrogens is 336 g/mol. The number of aliphatic hydroxyl groups is 3. The molecule has 27 heavy (non-hydrogen) atoms. The summed E-state index contributed by atoms with van der Waals surface area (Å²) in [5, 5.41) is 33.2. The minimum Gasteiger partial charge on any atom is -0.393 e. The van der Waals surface area contributed by atoms with Crippen LogP contribution in [-0.4, -0.2) is 33.1 Å². The van der Waals surface area contributed by atoms with Crippen LogP contribution in [0.5, 0.6) is 0 Å². The Hall–Kier alpha value is -0.120. The van der Waals surface area contributed by atoms with Crippen molar-refractivity contribution in [3.05, 3.63) is 0 Å². The number of hydrogen-bond acceptors (Lipinski definition) is 3. The van der Waals surface area contributed by atoms with Crippen LogP contribution in [0.25, 0.3) is 0 Å². The van der Waals surface area contributed by atoms with E-state index in [-0.39, 0.29) is 23.0 Å². The Labute approximate surface area is 165 Å². The van der Waals surface area contributed by atoms with Gasteiger partial charge in [-0.1, -0.05) is 40.0 Å². The van der Waals surface area contributed by atoms with Gasteiger partial charge in [-0.15, -0.1) is 0 Å². The first-order valence-electron chi connectivity index (χ1n) is 11.8. The second kappa shape index (κ2) is 6.99. The molecule has 0 aromatic carbocycles. The Morgan fingerprint density at radius 3 is 2.44 bits per heavy atom. The van der Waals surface area contributed by atoms with Crippen LogP contribution in [0.15, 0.2) is 0 Å². The molecule has 0 radical (unpaired) electrons. The van der Waals surface area contributed by atoms with Crippen molar-refractivity contribution in [2.75, 3.05) is 0 Å². The summed E-state index contributed by atoms with van der Waals surface area (Å²) >= 11 is 0. The summed E-state index contributed by atoms with van der Waals surface area (Å²) in [5.41, 5.74) is -0.680. The monoisotopic (exact) mass is 378 g/mol. The van der Waals surface area contributed by atoms with Crippen molar-refractivity contribution in [2.45, 2.75) is 116 Å². The minimum atomic E-state index is -0.704. The third-order valence-corrected chi connectivity index (χ3v) is 10.1. The van der Waals surface area contributed by atoms with Gasteiger partial charge in [0.05, 0.1) is 17.8 Å². The molecule has 0 heterocycles. The number of aliphatic hydroxyl groups excluding tert-OH is 2. The Morgan fingerprint density at radius 2 is 1.70 bits per heavy atom. The van der Waals surface area contributed by atoms with Gasteiger partial charge in [0.15, 0.2) is 0 Å². The van der Waals surface area contributed by atoms with E-state index in [1.165, 1.54) is 19.3 Å². The van der Waals surface area contributed by atoms with Gasteiger partial charge in [0.2, 0.25) is 0 Å². The van der Waals surface area contributed by atoms with Crippen molar-refractivity contribution in [3.63, 3.8) is 0 Å². The fourth-order valence-electron chi connectivity index (χ4n) is 8.42. The molecule has 0 aromatic rings. The molecule has 4 aliphatic carbocycles. The van der Waals surface area contributed by atoms with E-state index in [0.29, 0.717) is 30.1 Å². The smallest absolute Gasteiger partial charge is 0.0756 e. The largest absolute Gasteiger partial charge is 0.393 e. The highest BCUT2D eigenvalue weighted by molar-refractivity contribution is 5.16. The van der Waals surface area contributed by atoms with Crippen molar-refractivity contribution in [1.82, 2.24) is 0 Å². The molecule has 4 aliphatic rings. The van der Waals surface area contributed by atoms with Gasteiger partial charge in [0, 0.05) is 6.42 Å². The lowest BCUT2D eigenvalue weighted by molar-refractivity contribution is -0.249. The van der Waals surface area contributed by atoms with Gasteiger partial charge in [0.25, 0.3) is 0 Å². The van der Waals surface area contributed by atoms with E-state index in [2.05, 4.69) is 20.8 Å². The van der Waals surface area contributed by atoms with Crippen LogP contribution in [0, 0.1) is 34.5 Å². The quantitative estimate of drug-likeness (QED) is 0.623. The number of unbranched alkanes of at least 4 members (excludes halogenated alkanes) is 2. The fraction of sp³-hybridized carbons (Fsp3) is 1.00. The SMILES string of the molecule is CCCCC[C@@H]1C[C@H]2[C@@H]3CC[C@H](O)[C@@]3(C)CC[C@@H]2[C@@]2(C)CC[C@H](O)C[C@]12O. The molecule has 0 saturated heterocycles. The van der Waals surface area contributed by atoms with E-state index in [9.17, 15) is 15.3 Å². The van der Waals surface area contributed by atoms with Crippen molar-refractivity contribution < 1.29 is 15.3 Å². The van der Waals surface area contributed by atoms with Crippen LogP contribution in [0.2, 0.25) is 0 Å². The van der Waals surface area contributed by atoms with Crippen LogP contribution < -0.4 is 0 Å². The molecule has 0 aliphatic heterocycles. The number of rotatable bonds is 4. The van der Waals surface area contributed by atoms with Crippen LogP contribution in [0.3, 0.4) is 0 Å². The number of fused-ring (bicyclic) bond motifs is 5. The Kier molecular flexibility index (Phi) is 5.22. The van der Waals surface area contributed by atoms with Crippen LogP contribution in [0.4, 0.5) is 0 Å². The van der Waals surface area contributed by atoms with E-state index in [4.69, 9.17) is 0 Å². The van der Waals surface area contributed by atoms with E-state index >= 15 is 0 Å². The Morgan fingerprint density at radius 1 is 0.926 bits per heavy atom. The minimum absolute atomic E-state index is 0.0686. The molecule has 0 unspecified atom stereocenters. The van der Waals surface area contributed by atoms with Crippen molar-refractivity contribution in [3.8, 4) is 0 Å². The van der Waals surface area contributed by atoms with Gasteiger partial charge in [0.1, 0.15) is 0 Å². The lowest BCUT2D eigenvalue weighted by Crippen LogP contribution is -2.66. The highest BCUT2D eigenvalue weighted by atomic mass is 16.3. The Bertz CT molecular complexity index is 550. The summed E-state index contributed by atoms with van der Waals surface area (Å²) in [6.07, 6.45) is 12.1. The third kappa shape index (κ3) is 2.86. The molecule has 0 spiro atoms. The molecule has 4 rings (SSSR count). The topological polar surface area (TPSA) is 60.7 Å². The highest BCUT2D eigenvalue weighted by Crippen LogP contribution is 2.68. The van der Waals surface area contributed by atoms with Crippen molar-refractivity contribution in [1.29, 1.82) is 0 Å². The second-order valence-electron chi connectivity index (χ2n) is 11.2. The average Bonchev–Trinajstić information content (AvgIpc) is 2.92. The first-order chi connectivity index (χ1) is 12.8. The summed E-state index contributed by atoms with van der Waals surface area (Å²) in [6.45, 7) is 6.94. The lowest BCUT2D eigenvalue weighted by atomic mass is 9.41. The predicted octanol–water partition coefficient (Wildman–Crippen LogP) is 4.67. The van der Waals surface area contributed by atoms with Gasteiger partial charge in [-0.2, -0.15) is 0 Å². The molecule has 4 fully saturated rings. The van der Waals surface area contributed by atoms with Gasteiger partial charge in [-0.05, 0) is 85.9 Å². The maximum absolute atomic E-state index is 12.1. The maximum Gasteiger partial charge on any atom is 0.0756 e. The first-order valence-corrected chi connectivity index (χ1v) is 11.8. The number of hydrogen-bond donors (Lipinski definition) is 3. The van der Waals surface area contributed by atoms with Gasteiger partial charge in [-0.25, -0.2) is 0 Å².